The zero-order chi connectivity index (χ0) is 9.84. The second-order valence-electron chi connectivity index (χ2n) is 3.28. The monoisotopic (exact) mass is 172 g/mol. The first-order valence-electron chi connectivity index (χ1n) is 4.55. The Hall–Kier alpha value is -1.30. The number of hydrogen-bond donors (Lipinski definition) is 0. The molecule has 0 saturated heterocycles. The Bertz CT molecular complexity index is 422. The van der Waals surface area contributed by atoms with Gasteiger partial charge >= 0.3 is 0 Å². The molecule has 13 heavy (non-hydrogen) atoms. The molecule has 0 heteroatoms. The summed E-state index contributed by atoms with van der Waals surface area (Å²) in [5, 5.41) is 2.57. The quantitative estimate of drug-likeness (QED) is 0.609. The van der Waals surface area contributed by atoms with E-state index in [2.05, 4.69) is 50.8 Å². The van der Waals surface area contributed by atoms with Crippen LogP contribution >= 0.6 is 0 Å². The minimum absolute atomic E-state index is 1.13. The highest BCUT2D eigenvalue weighted by Crippen LogP contribution is 2.01. The molecule has 0 amide bonds. The summed E-state index contributed by atoms with van der Waals surface area (Å²) in [5.41, 5.74) is 2.41. The fraction of sp³-hybridized carbons (Fsp3) is 0.231. The third kappa shape index (κ3) is 2.09. The predicted molar refractivity (Wildman–Crippen MR) is 59.7 cm³/mol. The molecule has 0 fully saturated rings. The molecule has 1 aromatic rings. The molecule has 0 atom stereocenters. The molecule has 0 aliphatic rings. The lowest BCUT2D eigenvalue weighted by Crippen LogP contribution is -2.25. The average Bonchev–Trinajstić information content (AvgIpc) is 2.16. The normalized spacial score (nSPS) is 14.2. The summed E-state index contributed by atoms with van der Waals surface area (Å²) in [5.74, 6) is 0. The molecule has 0 heterocycles. The smallest absolute Gasteiger partial charge is 0.0156 e. The maximum atomic E-state index is 3.96. The molecule has 0 bridgehead atoms. The van der Waals surface area contributed by atoms with E-state index in [9.17, 15) is 0 Å². The summed E-state index contributed by atoms with van der Waals surface area (Å²) < 4.78 is 0. The van der Waals surface area contributed by atoms with Crippen molar-refractivity contribution in [2.45, 2.75) is 20.8 Å². The lowest BCUT2D eigenvalue weighted by atomic mass is 10.1. The highest BCUT2D eigenvalue weighted by Gasteiger charge is 1.91. The minimum Gasteiger partial charge on any atom is -0.0958 e. The largest absolute Gasteiger partial charge is 0.0958 e. The van der Waals surface area contributed by atoms with Gasteiger partial charge in [0.1, 0.15) is 0 Å². The Morgan fingerprint density at radius 2 is 1.85 bits per heavy atom. The van der Waals surface area contributed by atoms with E-state index in [0.717, 1.165) is 5.57 Å². The van der Waals surface area contributed by atoms with Gasteiger partial charge in [-0.25, -0.2) is 0 Å². The van der Waals surface area contributed by atoms with Crippen LogP contribution in [-0.2, 0) is 0 Å². The summed E-state index contributed by atoms with van der Waals surface area (Å²) in [4.78, 5) is 0. The molecule has 0 aliphatic heterocycles. The number of allylic oxidation sites excluding steroid dienone is 1. The first-order valence-corrected chi connectivity index (χ1v) is 4.55. The zero-order valence-corrected chi connectivity index (χ0v) is 8.59. The lowest BCUT2D eigenvalue weighted by Gasteiger charge is -1.99. The Kier molecular flexibility index (Phi) is 3.07. The van der Waals surface area contributed by atoms with Gasteiger partial charge in [-0.2, -0.15) is 0 Å². The van der Waals surface area contributed by atoms with Crippen LogP contribution in [0.2, 0.25) is 0 Å². The topological polar surface area (TPSA) is 0 Å². The molecule has 0 radical (unpaired) electrons. The standard InChI is InChI=1S/C13H16/c1-5-12-8-6-7-9-13(12)11(4)10(2)3/h5-9H,2H2,1,3-4H3/b12-5-,13-11+. The van der Waals surface area contributed by atoms with Crippen molar-refractivity contribution in [1.82, 2.24) is 0 Å². The molecule has 1 aromatic carbocycles. The number of rotatable bonds is 1. The summed E-state index contributed by atoms with van der Waals surface area (Å²) >= 11 is 0. The predicted octanol–water partition coefficient (Wildman–Crippen LogP) is 2.23. The van der Waals surface area contributed by atoms with Gasteiger partial charge in [-0.3, -0.25) is 0 Å². The van der Waals surface area contributed by atoms with E-state index in [1.54, 1.807) is 0 Å². The minimum atomic E-state index is 1.13. The van der Waals surface area contributed by atoms with E-state index < -0.39 is 0 Å². The molecule has 0 spiro atoms. The third-order valence-electron chi connectivity index (χ3n) is 2.32. The molecule has 0 unspecified atom stereocenters. The molecule has 0 aliphatic carbocycles. The first kappa shape index (κ1) is 9.79. The van der Waals surface area contributed by atoms with Crippen LogP contribution in [0.1, 0.15) is 20.8 Å². The van der Waals surface area contributed by atoms with Gasteiger partial charge in [0.2, 0.25) is 0 Å². The van der Waals surface area contributed by atoms with E-state index in [1.165, 1.54) is 16.0 Å². The number of benzene rings is 1. The molecular weight excluding hydrogens is 156 g/mol. The first-order chi connectivity index (χ1) is 6.16. The van der Waals surface area contributed by atoms with E-state index in [1.807, 2.05) is 6.92 Å². The van der Waals surface area contributed by atoms with Crippen molar-refractivity contribution >= 4 is 11.6 Å². The second-order valence-corrected chi connectivity index (χ2v) is 3.28. The molecule has 0 saturated carbocycles. The molecule has 1 rings (SSSR count). The van der Waals surface area contributed by atoms with Crippen molar-refractivity contribution in [3.8, 4) is 0 Å². The van der Waals surface area contributed by atoms with Crippen LogP contribution in [0.5, 0.6) is 0 Å². The highest BCUT2D eigenvalue weighted by molar-refractivity contribution is 5.60. The van der Waals surface area contributed by atoms with Crippen LogP contribution in [0.25, 0.3) is 11.6 Å². The molecule has 0 nitrogen and oxygen atoms in total. The van der Waals surface area contributed by atoms with Gasteiger partial charge in [0.25, 0.3) is 0 Å². The van der Waals surface area contributed by atoms with Crippen LogP contribution in [0.15, 0.2) is 36.4 Å². The average molecular weight is 172 g/mol. The molecule has 68 valence electrons. The van der Waals surface area contributed by atoms with Crippen molar-refractivity contribution in [2.75, 3.05) is 0 Å². The molecule has 0 aromatic heterocycles. The summed E-state index contributed by atoms with van der Waals surface area (Å²) in [7, 11) is 0. The van der Waals surface area contributed by atoms with Gasteiger partial charge in [0.05, 0.1) is 0 Å². The SMILES string of the molecule is C=C(C)/C(C)=c1\cccc\c1=C\C. The van der Waals surface area contributed by atoms with Crippen LogP contribution in [0.3, 0.4) is 0 Å². The van der Waals surface area contributed by atoms with Gasteiger partial charge < -0.3 is 0 Å². The Labute approximate surface area is 79.9 Å². The third-order valence-corrected chi connectivity index (χ3v) is 2.32. The van der Waals surface area contributed by atoms with Gasteiger partial charge in [-0.15, -0.1) is 0 Å². The Morgan fingerprint density at radius 1 is 1.23 bits per heavy atom. The van der Waals surface area contributed by atoms with E-state index >= 15 is 0 Å². The van der Waals surface area contributed by atoms with E-state index in [4.69, 9.17) is 0 Å². The zero-order valence-electron chi connectivity index (χ0n) is 8.59. The van der Waals surface area contributed by atoms with Gasteiger partial charge in [-0.05, 0) is 36.8 Å². The van der Waals surface area contributed by atoms with Crippen molar-refractivity contribution in [1.29, 1.82) is 0 Å². The Morgan fingerprint density at radius 3 is 2.38 bits per heavy atom. The fourth-order valence-electron chi connectivity index (χ4n) is 1.32. The number of hydrogen-bond acceptors (Lipinski definition) is 0. The van der Waals surface area contributed by atoms with E-state index in [0.29, 0.717) is 0 Å². The van der Waals surface area contributed by atoms with Crippen LogP contribution < -0.4 is 10.4 Å². The van der Waals surface area contributed by atoms with Crippen molar-refractivity contribution in [3.05, 3.63) is 46.9 Å². The molecule has 0 N–H and O–H groups in total. The van der Waals surface area contributed by atoms with Gasteiger partial charge in [0, 0.05) is 0 Å². The van der Waals surface area contributed by atoms with Crippen molar-refractivity contribution < 1.29 is 0 Å². The van der Waals surface area contributed by atoms with Crippen LogP contribution in [0.4, 0.5) is 0 Å². The van der Waals surface area contributed by atoms with Crippen molar-refractivity contribution in [3.63, 3.8) is 0 Å². The van der Waals surface area contributed by atoms with Crippen molar-refractivity contribution in [2.24, 2.45) is 0 Å². The van der Waals surface area contributed by atoms with Gasteiger partial charge in [-0.1, -0.05) is 42.5 Å². The summed E-state index contributed by atoms with van der Waals surface area (Å²) in [6.07, 6.45) is 2.13. The summed E-state index contributed by atoms with van der Waals surface area (Å²) in [6.45, 7) is 10.2. The van der Waals surface area contributed by atoms with E-state index in [-0.39, 0.29) is 0 Å². The lowest BCUT2D eigenvalue weighted by molar-refractivity contribution is 1.41. The van der Waals surface area contributed by atoms with Gasteiger partial charge in [0.15, 0.2) is 0 Å². The maximum Gasteiger partial charge on any atom is -0.0156 e. The fourth-order valence-corrected chi connectivity index (χ4v) is 1.32. The Balaban J connectivity index is 3.64. The highest BCUT2D eigenvalue weighted by atomic mass is 14.0. The van der Waals surface area contributed by atoms with Crippen LogP contribution in [0, 0.1) is 0 Å². The van der Waals surface area contributed by atoms with Crippen LogP contribution in [-0.4, -0.2) is 0 Å². The molecular formula is C13H16. The maximum absolute atomic E-state index is 3.96. The second kappa shape index (κ2) is 4.08. The summed E-state index contributed by atoms with van der Waals surface area (Å²) in [6, 6.07) is 8.39.